The maximum Gasteiger partial charge on any atom is 0.333 e. The highest BCUT2D eigenvalue weighted by molar-refractivity contribution is 5.90. The molecule has 0 radical (unpaired) electrons. The predicted molar refractivity (Wildman–Crippen MR) is 58.4 cm³/mol. The number of ether oxygens (including phenoxy) is 1. The normalized spacial score (nSPS) is 12.9. The van der Waals surface area contributed by atoms with Crippen molar-refractivity contribution in [3.05, 3.63) is 23.8 Å². The standard InChI is InChI=1S/C7H10O2.C4H4O4/c1-2-9-7(8)6-4-3-5-6;5-3(6)1-2-4(7)8/h4H,2-3,5H2,1H3;1-2H,(H,5,6)(H,7,8)/b;2-1-. The zero-order valence-electron chi connectivity index (χ0n) is 9.38. The highest BCUT2D eigenvalue weighted by atomic mass is 16.5. The van der Waals surface area contributed by atoms with Gasteiger partial charge in [-0.15, -0.1) is 0 Å². The second-order valence-electron chi connectivity index (χ2n) is 3.00. The lowest BCUT2D eigenvalue weighted by molar-refractivity contribution is -0.139. The third-order valence-electron chi connectivity index (χ3n) is 1.71. The van der Waals surface area contributed by atoms with Gasteiger partial charge < -0.3 is 14.9 Å². The zero-order chi connectivity index (χ0) is 13.3. The average Bonchev–Trinajstić information content (AvgIpc) is 2.13. The molecule has 1 aliphatic rings. The molecule has 0 atom stereocenters. The minimum atomic E-state index is -1.26. The first-order chi connectivity index (χ1) is 7.97. The number of esters is 1. The molecular weight excluding hydrogens is 228 g/mol. The van der Waals surface area contributed by atoms with Gasteiger partial charge in [-0.1, -0.05) is 6.08 Å². The summed E-state index contributed by atoms with van der Waals surface area (Å²) in [6.45, 7) is 2.30. The molecule has 1 aliphatic carbocycles. The van der Waals surface area contributed by atoms with Crippen LogP contribution < -0.4 is 0 Å². The van der Waals surface area contributed by atoms with Crippen LogP contribution in [-0.2, 0) is 19.1 Å². The largest absolute Gasteiger partial charge is 0.478 e. The van der Waals surface area contributed by atoms with E-state index in [0.717, 1.165) is 18.4 Å². The van der Waals surface area contributed by atoms with Crippen LogP contribution in [0.5, 0.6) is 0 Å². The van der Waals surface area contributed by atoms with Gasteiger partial charge in [0.1, 0.15) is 0 Å². The van der Waals surface area contributed by atoms with Gasteiger partial charge in [0, 0.05) is 17.7 Å². The third kappa shape index (κ3) is 7.78. The van der Waals surface area contributed by atoms with E-state index < -0.39 is 11.9 Å². The summed E-state index contributed by atoms with van der Waals surface area (Å²) in [7, 11) is 0. The monoisotopic (exact) mass is 242 g/mol. The van der Waals surface area contributed by atoms with Crippen LogP contribution in [0.2, 0.25) is 0 Å². The van der Waals surface area contributed by atoms with Crippen LogP contribution in [0.3, 0.4) is 0 Å². The van der Waals surface area contributed by atoms with E-state index in [1.54, 1.807) is 0 Å². The SMILES string of the molecule is CCOC(=O)C1=CCC1.O=C(O)/C=C\C(=O)O. The molecule has 1 rings (SSSR count). The van der Waals surface area contributed by atoms with Gasteiger partial charge in [0.2, 0.25) is 0 Å². The summed E-state index contributed by atoms with van der Waals surface area (Å²) in [5, 5.41) is 15.6. The number of aliphatic carboxylic acids is 2. The quantitative estimate of drug-likeness (QED) is 0.563. The fraction of sp³-hybridized carbons (Fsp3) is 0.364. The zero-order valence-corrected chi connectivity index (χ0v) is 9.38. The summed E-state index contributed by atoms with van der Waals surface area (Å²) in [6.07, 6.45) is 4.97. The van der Waals surface area contributed by atoms with Gasteiger partial charge in [-0.2, -0.15) is 0 Å². The Labute approximate surface area is 98.2 Å². The first-order valence-electron chi connectivity index (χ1n) is 4.97. The Balaban J connectivity index is 0.000000304. The summed E-state index contributed by atoms with van der Waals surface area (Å²) >= 11 is 0. The average molecular weight is 242 g/mol. The van der Waals surface area contributed by atoms with E-state index in [4.69, 9.17) is 14.9 Å². The minimum absolute atomic E-state index is 0.135. The molecule has 17 heavy (non-hydrogen) atoms. The Morgan fingerprint density at radius 1 is 1.29 bits per heavy atom. The Morgan fingerprint density at radius 2 is 1.76 bits per heavy atom. The van der Waals surface area contributed by atoms with Gasteiger partial charge in [-0.05, 0) is 19.8 Å². The number of carboxylic acid groups (broad SMARTS) is 2. The van der Waals surface area contributed by atoms with Crippen LogP contribution in [0.1, 0.15) is 19.8 Å². The van der Waals surface area contributed by atoms with Gasteiger partial charge in [0.15, 0.2) is 0 Å². The molecule has 0 aliphatic heterocycles. The molecule has 6 nitrogen and oxygen atoms in total. The van der Waals surface area contributed by atoms with Gasteiger partial charge in [0.25, 0.3) is 0 Å². The van der Waals surface area contributed by atoms with E-state index in [1.807, 2.05) is 13.0 Å². The molecule has 0 spiro atoms. The number of carbonyl (C=O) groups excluding carboxylic acids is 1. The van der Waals surface area contributed by atoms with E-state index >= 15 is 0 Å². The first-order valence-corrected chi connectivity index (χ1v) is 4.97. The highest BCUT2D eigenvalue weighted by Gasteiger charge is 2.14. The molecule has 0 unspecified atom stereocenters. The van der Waals surface area contributed by atoms with Crippen molar-refractivity contribution < 1.29 is 29.3 Å². The summed E-state index contributed by atoms with van der Waals surface area (Å²) in [6, 6.07) is 0. The summed E-state index contributed by atoms with van der Waals surface area (Å²) in [5.74, 6) is -2.65. The number of carbonyl (C=O) groups is 3. The number of rotatable bonds is 4. The predicted octanol–water partition coefficient (Wildman–Crippen LogP) is 0.982. The van der Waals surface area contributed by atoms with Crippen molar-refractivity contribution in [1.29, 1.82) is 0 Å². The van der Waals surface area contributed by atoms with Crippen LogP contribution in [0.4, 0.5) is 0 Å². The molecule has 2 N–H and O–H groups in total. The maximum absolute atomic E-state index is 10.7. The van der Waals surface area contributed by atoms with Gasteiger partial charge in [0.05, 0.1) is 6.61 Å². The lowest BCUT2D eigenvalue weighted by atomic mass is 10.00. The summed E-state index contributed by atoms with van der Waals surface area (Å²) in [4.78, 5) is 29.8. The highest BCUT2D eigenvalue weighted by Crippen LogP contribution is 2.18. The van der Waals surface area contributed by atoms with Crippen LogP contribution >= 0.6 is 0 Å². The molecule has 6 heteroatoms. The van der Waals surface area contributed by atoms with Gasteiger partial charge in [-0.3, -0.25) is 0 Å². The molecular formula is C11H14O6. The molecule has 0 bridgehead atoms. The summed E-state index contributed by atoms with van der Waals surface area (Å²) < 4.78 is 4.74. The second-order valence-corrected chi connectivity index (χ2v) is 3.00. The van der Waals surface area contributed by atoms with Crippen molar-refractivity contribution in [2.24, 2.45) is 0 Å². The lowest BCUT2D eigenvalue weighted by Gasteiger charge is -2.11. The molecule has 0 aromatic rings. The van der Waals surface area contributed by atoms with Crippen molar-refractivity contribution in [2.45, 2.75) is 19.8 Å². The smallest absolute Gasteiger partial charge is 0.333 e. The Bertz CT molecular complexity index is 337. The van der Waals surface area contributed by atoms with Crippen LogP contribution in [-0.4, -0.2) is 34.7 Å². The second kappa shape index (κ2) is 8.09. The topological polar surface area (TPSA) is 101 Å². The molecule has 0 fully saturated rings. The van der Waals surface area contributed by atoms with Gasteiger partial charge in [-0.25, -0.2) is 14.4 Å². The van der Waals surface area contributed by atoms with Crippen LogP contribution in [0.25, 0.3) is 0 Å². The maximum atomic E-state index is 10.7. The van der Waals surface area contributed by atoms with Crippen molar-refractivity contribution in [2.75, 3.05) is 6.61 Å². The van der Waals surface area contributed by atoms with E-state index in [9.17, 15) is 14.4 Å². The third-order valence-corrected chi connectivity index (χ3v) is 1.71. The Kier molecular flexibility index (Phi) is 7.09. The molecule has 0 heterocycles. The minimum Gasteiger partial charge on any atom is -0.478 e. The number of hydrogen-bond acceptors (Lipinski definition) is 4. The van der Waals surface area contributed by atoms with Gasteiger partial charge >= 0.3 is 17.9 Å². The lowest BCUT2D eigenvalue weighted by Crippen LogP contribution is -2.11. The Hall–Kier alpha value is -2.11. The van der Waals surface area contributed by atoms with Crippen molar-refractivity contribution in [1.82, 2.24) is 0 Å². The number of hydrogen-bond donors (Lipinski definition) is 2. The molecule has 94 valence electrons. The molecule has 0 aromatic heterocycles. The van der Waals surface area contributed by atoms with E-state index in [0.29, 0.717) is 18.8 Å². The molecule has 0 saturated carbocycles. The Morgan fingerprint density at radius 3 is 2.00 bits per heavy atom. The van der Waals surface area contributed by atoms with Crippen LogP contribution in [0, 0.1) is 0 Å². The number of carboxylic acids is 2. The van der Waals surface area contributed by atoms with Crippen molar-refractivity contribution in [3.63, 3.8) is 0 Å². The summed E-state index contributed by atoms with van der Waals surface area (Å²) in [5.41, 5.74) is 0.844. The number of allylic oxidation sites excluding steroid dienone is 1. The fourth-order valence-corrected chi connectivity index (χ4v) is 0.840. The van der Waals surface area contributed by atoms with E-state index in [-0.39, 0.29) is 5.97 Å². The fourth-order valence-electron chi connectivity index (χ4n) is 0.840. The van der Waals surface area contributed by atoms with E-state index in [2.05, 4.69) is 0 Å². The molecule has 0 amide bonds. The van der Waals surface area contributed by atoms with Crippen molar-refractivity contribution >= 4 is 17.9 Å². The van der Waals surface area contributed by atoms with Crippen LogP contribution in [0.15, 0.2) is 23.8 Å². The van der Waals surface area contributed by atoms with E-state index in [1.165, 1.54) is 0 Å². The molecule has 0 saturated heterocycles. The first kappa shape index (κ1) is 14.9. The van der Waals surface area contributed by atoms with Crippen molar-refractivity contribution in [3.8, 4) is 0 Å². The molecule has 0 aromatic carbocycles.